The van der Waals surface area contributed by atoms with E-state index in [9.17, 15) is 4.79 Å². The van der Waals surface area contributed by atoms with E-state index in [1.54, 1.807) is 7.05 Å². The molecule has 1 amide bonds. The number of nitrogens with one attached hydrogen (secondary N) is 1. The molecule has 0 aromatic carbocycles. The van der Waals surface area contributed by atoms with E-state index in [-0.39, 0.29) is 5.91 Å². The summed E-state index contributed by atoms with van der Waals surface area (Å²) in [7, 11) is 1.68. The smallest absolute Gasteiger partial charge is 0.219 e. The molecule has 17 heavy (non-hydrogen) atoms. The molecule has 1 rings (SSSR count). The first kappa shape index (κ1) is 14.5. The van der Waals surface area contributed by atoms with E-state index in [2.05, 4.69) is 10.2 Å². The van der Waals surface area contributed by atoms with Crippen LogP contribution in [0.4, 0.5) is 0 Å². The summed E-state index contributed by atoms with van der Waals surface area (Å²) >= 11 is 0. The van der Waals surface area contributed by atoms with Crippen LogP contribution in [0.2, 0.25) is 0 Å². The van der Waals surface area contributed by atoms with Gasteiger partial charge in [0.25, 0.3) is 0 Å². The Morgan fingerprint density at radius 3 is 2.65 bits per heavy atom. The summed E-state index contributed by atoms with van der Waals surface area (Å²) < 4.78 is 5.58. The van der Waals surface area contributed by atoms with Crippen molar-refractivity contribution in [2.24, 2.45) is 0 Å². The van der Waals surface area contributed by atoms with Crippen molar-refractivity contribution in [1.29, 1.82) is 0 Å². The predicted octanol–water partition coefficient (Wildman–Crippen LogP) is 1.41. The van der Waals surface area contributed by atoms with E-state index in [1.807, 2.05) is 0 Å². The molecule has 1 aliphatic heterocycles. The molecule has 0 bridgehead atoms. The van der Waals surface area contributed by atoms with Gasteiger partial charge in [-0.15, -0.1) is 0 Å². The first-order chi connectivity index (χ1) is 8.33. The molecule has 1 heterocycles. The molecule has 4 nitrogen and oxygen atoms in total. The third kappa shape index (κ3) is 7.34. The molecule has 1 N–H and O–H groups in total. The van der Waals surface area contributed by atoms with Crippen molar-refractivity contribution in [3.63, 3.8) is 0 Å². The van der Waals surface area contributed by atoms with E-state index in [4.69, 9.17) is 4.74 Å². The minimum Gasteiger partial charge on any atom is -0.380 e. The maximum Gasteiger partial charge on any atom is 0.219 e. The lowest BCUT2D eigenvalue weighted by atomic mass is 10.1. The van der Waals surface area contributed by atoms with Gasteiger partial charge >= 0.3 is 0 Å². The zero-order valence-corrected chi connectivity index (χ0v) is 11.0. The Morgan fingerprint density at radius 2 is 1.94 bits per heavy atom. The summed E-state index contributed by atoms with van der Waals surface area (Å²) in [5.74, 6) is 0.123. The van der Waals surface area contributed by atoms with Gasteiger partial charge < -0.3 is 15.0 Å². The quantitative estimate of drug-likeness (QED) is 0.654. The Bertz CT molecular complexity index is 204. The van der Waals surface area contributed by atoms with Crippen molar-refractivity contribution in [3.05, 3.63) is 0 Å². The predicted molar refractivity (Wildman–Crippen MR) is 69.0 cm³/mol. The fraction of sp³-hybridized carbons (Fsp3) is 0.923. The highest BCUT2D eigenvalue weighted by molar-refractivity contribution is 5.75. The number of piperidine rings is 1. The fourth-order valence-electron chi connectivity index (χ4n) is 2.09. The fourth-order valence-corrected chi connectivity index (χ4v) is 2.09. The zero-order chi connectivity index (χ0) is 12.3. The number of hydrogen-bond acceptors (Lipinski definition) is 3. The minimum atomic E-state index is 0.123. The molecule has 0 aromatic rings. The van der Waals surface area contributed by atoms with Crippen molar-refractivity contribution in [2.45, 2.75) is 38.5 Å². The normalized spacial score (nSPS) is 17.0. The van der Waals surface area contributed by atoms with Crippen LogP contribution in [-0.4, -0.2) is 50.7 Å². The van der Waals surface area contributed by atoms with Crippen LogP contribution < -0.4 is 5.32 Å². The van der Waals surface area contributed by atoms with Crippen LogP contribution in [0.1, 0.15) is 38.5 Å². The maximum atomic E-state index is 10.9. The average Bonchev–Trinajstić information content (AvgIpc) is 2.38. The number of rotatable bonds is 8. The van der Waals surface area contributed by atoms with Crippen LogP contribution in [0.15, 0.2) is 0 Å². The second-order valence-electron chi connectivity index (χ2n) is 4.64. The maximum absolute atomic E-state index is 10.9. The Morgan fingerprint density at radius 1 is 1.18 bits per heavy atom. The van der Waals surface area contributed by atoms with Crippen LogP contribution in [0, 0.1) is 0 Å². The number of unbranched alkanes of at least 4 members (excludes halogenated alkanes) is 1. The van der Waals surface area contributed by atoms with Crippen molar-refractivity contribution in [3.8, 4) is 0 Å². The van der Waals surface area contributed by atoms with Gasteiger partial charge in [0, 0.05) is 26.6 Å². The zero-order valence-electron chi connectivity index (χ0n) is 11.0. The Labute approximate surface area is 105 Å². The summed E-state index contributed by atoms with van der Waals surface area (Å²) in [5, 5.41) is 2.62. The van der Waals surface area contributed by atoms with Gasteiger partial charge in [0.2, 0.25) is 5.91 Å². The van der Waals surface area contributed by atoms with Gasteiger partial charge in [0.05, 0.1) is 6.61 Å². The highest BCUT2D eigenvalue weighted by Crippen LogP contribution is 2.07. The largest absolute Gasteiger partial charge is 0.380 e. The van der Waals surface area contributed by atoms with E-state index >= 15 is 0 Å². The Balaban J connectivity index is 1.82. The number of likely N-dealkylation sites (tertiary alicyclic amines) is 1. The highest BCUT2D eigenvalue weighted by atomic mass is 16.5. The van der Waals surface area contributed by atoms with Crippen molar-refractivity contribution in [2.75, 3.05) is 39.9 Å². The van der Waals surface area contributed by atoms with Gasteiger partial charge in [0.1, 0.15) is 0 Å². The number of amides is 1. The van der Waals surface area contributed by atoms with Gasteiger partial charge in [0.15, 0.2) is 0 Å². The molecule has 100 valence electrons. The highest BCUT2D eigenvalue weighted by Gasteiger charge is 2.08. The molecular weight excluding hydrogens is 216 g/mol. The van der Waals surface area contributed by atoms with Gasteiger partial charge in [-0.1, -0.05) is 6.42 Å². The van der Waals surface area contributed by atoms with Gasteiger partial charge in [-0.25, -0.2) is 0 Å². The second kappa shape index (κ2) is 9.42. The molecular formula is C13H26N2O2. The number of carbonyl (C=O) groups excluding carboxylic acids is 1. The molecule has 0 unspecified atom stereocenters. The van der Waals surface area contributed by atoms with Crippen LogP contribution in [-0.2, 0) is 9.53 Å². The van der Waals surface area contributed by atoms with Crippen LogP contribution in [0.5, 0.6) is 0 Å². The van der Waals surface area contributed by atoms with E-state index in [0.717, 1.165) is 32.6 Å². The van der Waals surface area contributed by atoms with Crippen LogP contribution >= 0.6 is 0 Å². The molecule has 1 aliphatic rings. The van der Waals surface area contributed by atoms with E-state index in [0.29, 0.717) is 6.42 Å². The molecule has 0 radical (unpaired) electrons. The van der Waals surface area contributed by atoms with Crippen molar-refractivity contribution in [1.82, 2.24) is 10.2 Å². The summed E-state index contributed by atoms with van der Waals surface area (Å²) in [6.45, 7) is 5.15. The summed E-state index contributed by atoms with van der Waals surface area (Å²) in [5.41, 5.74) is 0. The van der Waals surface area contributed by atoms with Crippen molar-refractivity contribution >= 4 is 5.91 Å². The molecule has 0 saturated carbocycles. The van der Waals surface area contributed by atoms with Gasteiger partial charge in [-0.05, 0) is 38.8 Å². The number of hydrogen-bond donors (Lipinski definition) is 1. The molecule has 1 saturated heterocycles. The lowest BCUT2D eigenvalue weighted by Gasteiger charge is -2.26. The topological polar surface area (TPSA) is 41.6 Å². The Kier molecular flexibility index (Phi) is 8.01. The monoisotopic (exact) mass is 242 g/mol. The summed E-state index contributed by atoms with van der Waals surface area (Å²) in [4.78, 5) is 13.4. The third-order valence-electron chi connectivity index (χ3n) is 3.22. The summed E-state index contributed by atoms with van der Waals surface area (Å²) in [6, 6.07) is 0. The number of ether oxygens (including phenoxy) is 1. The first-order valence-corrected chi connectivity index (χ1v) is 6.83. The minimum absolute atomic E-state index is 0.123. The van der Waals surface area contributed by atoms with Crippen molar-refractivity contribution < 1.29 is 9.53 Å². The molecule has 0 aliphatic carbocycles. The summed E-state index contributed by atoms with van der Waals surface area (Å²) in [6.07, 6.45) is 6.58. The van der Waals surface area contributed by atoms with Gasteiger partial charge in [-0.2, -0.15) is 0 Å². The SMILES string of the molecule is CNC(=O)CCCCOCCN1CCCCC1. The third-order valence-corrected chi connectivity index (χ3v) is 3.22. The Hall–Kier alpha value is -0.610. The molecule has 0 aromatic heterocycles. The number of carbonyl (C=O) groups is 1. The number of nitrogens with zero attached hydrogens (tertiary/aromatic N) is 1. The lowest BCUT2D eigenvalue weighted by Crippen LogP contribution is -2.32. The van der Waals surface area contributed by atoms with Crippen LogP contribution in [0.25, 0.3) is 0 Å². The molecule has 0 spiro atoms. The molecule has 1 fully saturated rings. The first-order valence-electron chi connectivity index (χ1n) is 6.83. The average molecular weight is 242 g/mol. The van der Waals surface area contributed by atoms with E-state index in [1.165, 1.54) is 32.4 Å². The second-order valence-corrected chi connectivity index (χ2v) is 4.64. The van der Waals surface area contributed by atoms with Crippen LogP contribution in [0.3, 0.4) is 0 Å². The van der Waals surface area contributed by atoms with Gasteiger partial charge in [-0.3, -0.25) is 4.79 Å². The lowest BCUT2D eigenvalue weighted by molar-refractivity contribution is -0.120. The van der Waals surface area contributed by atoms with E-state index < -0.39 is 0 Å². The standard InChI is InChI=1S/C13H26N2O2/c1-14-13(16)7-3-6-11-17-12-10-15-8-4-2-5-9-15/h2-12H2,1H3,(H,14,16). The molecule has 4 heteroatoms. The molecule has 0 atom stereocenters.